The maximum absolute atomic E-state index is 8.94. The fourth-order valence-corrected chi connectivity index (χ4v) is 2.22. The SMILES string of the molecule is N#Cc1cc(NCc2cncn2C2CC2)ccc1Cl. The van der Waals surface area contributed by atoms with E-state index >= 15 is 0 Å². The molecule has 96 valence electrons. The van der Waals surface area contributed by atoms with Crippen molar-refractivity contribution in [3.8, 4) is 6.07 Å². The van der Waals surface area contributed by atoms with E-state index in [0.29, 0.717) is 23.2 Å². The monoisotopic (exact) mass is 272 g/mol. The Morgan fingerprint density at radius 2 is 2.32 bits per heavy atom. The number of hydrogen-bond donors (Lipinski definition) is 1. The summed E-state index contributed by atoms with van der Waals surface area (Å²) in [7, 11) is 0. The van der Waals surface area contributed by atoms with E-state index in [0.717, 1.165) is 11.4 Å². The average molecular weight is 273 g/mol. The minimum atomic E-state index is 0.482. The van der Waals surface area contributed by atoms with Crippen molar-refractivity contribution in [1.82, 2.24) is 9.55 Å². The van der Waals surface area contributed by atoms with E-state index in [1.54, 1.807) is 12.1 Å². The van der Waals surface area contributed by atoms with Gasteiger partial charge in [-0.25, -0.2) is 4.98 Å². The summed E-state index contributed by atoms with van der Waals surface area (Å²) in [5.41, 5.74) is 2.54. The molecule has 1 heterocycles. The van der Waals surface area contributed by atoms with Crippen molar-refractivity contribution in [2.45, 2.75) is 25.4 Å². The first kappa shape index (κ1) is 12.1. The Morgan fingerprint density at radius 3 is 3.05 bits per heavy atom. The third kappa shape index (κ3) is 2.56. The van der Waals surface area contributed by atoms with Gasteiger partial charge in [0, 0.05) is 17.9 Å². The molecule has 0 radical (unpaired) electrons. The molecule has 19 heavy (non-hydrogen) atoms. The summed E-state index contributed by atoms with van der Waals surface area (Å²) < 4.78 is 2.22. The quantitative estimate of drug-likeness (QED) is 0.928. The van der Waals surface area contributed by atoms with Gasteiger partial charge in [0.2, 0.25) is 0 Å². The molecule has 1 aromatic carbocycles. The van der Waals surface area contributed by atoms with Crippen molar-refractivity contribution >= 4 is 17.3 Å². The first-order chi connectivity index (χ1) is 9.28. The number of imidazole rings is 1. The van der Waals surface area contributed by atoms with Crippen LogP contribution < -0.4 is 5.32 Å². The molecule has 1 aliphatic carbocycles. The summed E-state index contributed by atoms with van der Waals surface area (Å²) in [6, 6.07) is 8.08. The van der Waals surface area contributed by atoms with Crippen LogP contribution in [0.4, 0.5) is 5.69 Å². The lowest BCUT2D eigenvalue weighted by atomic mass is 10.2. The molecule has 0 atom stereocenters. The smallest absolute Gasteiger partial charge is 0.101 e. The van der Waals surface area contributed by atoms with Crippen LogP contribution in [0.15, 0.2) is 30.7 Å². The highest BCUT2D eigenvalue weighted by atomic mass is 35.5. The molecule has 3 rings (SSSR count). The molecule has 0 spiro atoms. The number of nitrogens with one attached hydrogen (secondary N) is 1. The number of hydrogen-bond acceptors (Lipinski definition) is 3. The molecule has 0 bridgehead atoms. The van der Waals surface area contributed by atoms with Gasteiger partial charge in [-0.15, -0.1) is 0 Å². The van der Waals surface area contributed by atoms with Crippen LogP contribution in [0.25, 0.3) is 0 Å². The zero-order valence-corrected chi connectivity index (χ0v) is 11.1. The third-order valence-corrected chi connectivity index (χ3v) is 3.58. The number of nitriles is 1. The normalized spacial score (nSPS) is 14.1. The topological polar surface area (TPSA) is 53.6 Å². The zero-order chi connectivity index (χ0) is 13.2. The Kier molecular flexibility index (Phi) is 3.14. The molecule has 0 amide bonds. The predicted molar refractivity (Wildman–Crippen MR) is 74.0 cm³/mol. The van der Waals surface area contributed by atoms with Gasteiger partial charge < -0.3 is 9.88 Å². The molecular formula is C14H13ClN4. The van der Waals surface area contributed by atoms with Crippen LogP contribution in [0.5, 0.6) is 0 Å². The number of benzene rings is 1. The van der Waals surface area contributed by atoms with Gasteiger partial charge in [0.05, 0.1) is 29.2 Å². The van der Waals surface area contributed by atoms with Crippen LogP contribution >= 0.6 is 11.6 Å². The van der Waals surface area contributed by atoms with Crippen molar-refractivity contribution in [1.29, 1.82) is 5.26 Å². The first-order valence-electron chi connectivity index (χ1n) is 6.22. The Hall–Kier alpha value is -1.99. The van der Waals surface area contributed by atoms with Gasteiger partial charge in [0.1, 0.15) is 6.07 Å². The number of nitrogens with zero attached hydrogens (tertiary/aromatic N) is 3. The van der Waals surface area contributed by atoms with Crippen LogP contribution in [0.3, 0.4) is 0 Å². The maximum Gasteiger partial charge on any atom is 0.101 e. The molecule has 1 aromatic heterocycles. The van der Waals surface area contributed by atoms with Gasteiger partial charge in [-0.3, -0.25) is 0 Å². The number of aromatic nitrogens is 2. The fraction of sp³-hybridized carbons (Fsp3) is 0.286. The Balaban J connectivity index is 1.72. The molecule has 1 aliphatic rings. The largest absolute Gasteiger partial charge is 0.379 e. The van der Waals surface area contributed by atoms with E-state index in [1.807, 2.05) is 18.6 Å². The Morgan fingerprint density at radius 1 is 1.47 bits per heavy atom. The van der Waals surface area contributed by atoms with Crippen molar-refractivity contribution in [2.75, 3.05) is 5.32 Å². The molecule has 0 aliphatic heterocycles. The molecular weight excluding hydrogens is 260 g/mol. The van der Waals surface area contributed by atoms with Crippen LogP contribution in [-0.2, 0) is 6.54 Å². The van der Waals surface area contributed by atoms with Gasteiger partial charge in [-0.2, -0.15) is 5.26 Å². The lowest BCUT2D eigenvalue weighted by molar-refractivity contribution is 0.701. The third-order valence-electron chi connectivity index (χ3n) is 3.25. The van der Waals surface area contributed by atoms with E-state index < -0.39 is 0 Å². The van der Waals surface area contributed by atoms with E-state index in [9.17, 15) is 0 Å². The van der Waals surface area contributed by atoms with Crippen LogP contribution in [0.2, 0.25) is 5.02 Å². The zero-order valence-electron chi connectivity index (χ0n) is 10.3. The van der Waals surface area contributed by atoms with Crippen molar-refractivity contribution in [3.63, 3.8) is 0 Å². The standard InChI is InChI=1S/C14H13ClN4/c15-14-4-1-11(5-10(14)6-16)18-8-13-7-17-9-19(13)12-2-3-12/h1,4-5,7,9,12,18H,2-3,8H2. The molecule has 2 aromatic rings. The second-order valence-corrected chi connectivity index (χ2v) is 5.09. The highest BCUT2D eigenvalue weighted by molar-refractivity contribution is 6.31. The molecule has 1 fully saturated rings. The summed E-state index contributed by atoms with van der Waals surface area (Å²) in [5, 5.41) is 12.7. The summed E-state index contributed by atoms with van der Waals surface area (Å²) in [5.74, 6) is 0. The predicted octanol–water partition coefficient (Wildman–Crippen LogP) is 3.36. The number of halogens is 1. The summed E-state index contributed by atoms with van der Waals surface area (Å²) in [6.45, 7) is 0.697. The summed E-state index contributed by atoms with van der Waals surface area (Å²) >= 11 is 5.91. The number of anilines is 1. The van der Waals surface area contributed by atoms with Crippen molar-refractivity contribution in [3.05, 3.63) is 47.0 Å². The summed E-state index contributed by atoms with van der Waals surface area (Å²) in [4.78, 5) is 4.19. The van der Waals surface area contributed by atoms with Crippen LogP contribution in [0.1, 0.15) is 30.1 Å². The van der Waals surface area contributed by atoms with Gasteiger partial charge in [-0.05, 0) is 31.0 Å². The molecule has 4 nitrogen and oxygen atoms in total. The van der Waals surface area contributed by atoms with E-state index in [2.05, 4.69) is 20.9 Å². The highest BCUT2D eigenvalue weighted by Crippen LogP contribution is 2.35. The van der Waals surface area contributed by atoms with E-state index in [1.165, 1.54) is 12.8 Å². The second kappa shape index (κ2) is 4.94. The maximum atomic E-state index is 8.94. The lowest BCUT2D eigenvalue weighted by Crippen LogP contribution is -2.06. The van der Waals surface area contributed by atoms with Gasteiger partial charge in [-0.1, -0.05) is 11.6 Å². The fourth-order valence-electron chi connectivity index (χ4n) is 2.06. The molecule has 1 N–H and O–H groups in total. The summed E-state index contributed by atoms with van der Waals surface area (Å²) in [6.07, 6.45) is 6.25. The van der Waals surface area contributed by atoms with Gasteiger partial charge in [0.15, 0.2) is 0 Å². The highest BCUT2D eigenvalue weighted by Gasteiger charge is 2.24. The van der Waals surface area contributed by atoms with Crippen LogP contribution in [-0.4, -0.2) is 9.55 Å². The van der Waals surface area contributed by atoms with Crippen molar-refractivity contribution < 1.29 is 0 Å². The molecule has 5 heteroatoms. The first-order valence-corrected chi connectivity index (χ1v) is 6.60. The second-order valence-electron chi connectivity index (χ2n) is 4.68. The minimum Gasteiger partial charge on any atom is -0.379 e. The Labute approximate surface area is 116 Å². The minimum absolute atomic E-state index is 0.482. The average Bonchev–Trinajstić information content (AvgIpc) is 3.17. The Bertz CT molecular complexity index is 637. The number of rotatable bonds is 4. The van der Waals surface area contributed by atoms with Crippen LogP contribution in [0, 0.1) is 11.3 Å². The van der Waals surface area contributed by atoms with E-state index in [-0.39, 0.29) is 0 Å². The van der Waals surface area contributed by atoms with Crippen molar-refractivity contribution in [2.24, 2.45) is 0 Å². The van der Waals surface area contributed by atoms with E-state index in [4.69, 9.17) is 16.9 Å². The molecule has 0 saturated heterocycles. The van der Waals surface area contributed by atoms with Gasteiger partial charge >= 0.3 is 0 Å². The van der Waals surface area contributed by atoms with Gasteiger partial charge in [0.25, 0.3) is 0 Å². The molecule has 1 saturated carbocycles. The lowest BCUT2D eigenvalue weighted by Gasteiger charge is -2.09. The molecule has 0 unspecified atom stereocenters.